The summed E-state index contributed by atoms with van der Waals surface area (Å²) < 4.78 is 1.77. The van der Waals surface area contributed by atoms with Gasteiger partial charge in [0.05, 0.1) is 0 Å². The van der Waals surface area contributed by atoms with Crippen LogP contribution >= 0.6 is 22.7 Å². The Morgan fingerprint density at radius 2 is 0.959 bits per heavy atom. The monoisotopic (exact) mass is 762 g/mol. The summed E-state index contributed by atoms with van der Waals surface area (Å²) in [5.41, 5.74) is 4.70. The van der Waals surface area contributed by atoms with Gasteiger partial charge in [-0.15, -0.1) is 0 Å². The molecule has 2 saturated heterocycles. The second kappa shape index (κ2) is 15.4. The number of aryl methyl sites for hydroxylation is 2. The molecule has 4 amide bonds. The van der Waals surface area contributed by atoms with Gasteiger partial charge in [-0.25, -0.2) is 0 Å². The van der Waals surface area contributed by atoms with Crippen molar-refractivity contribution in [3.8, 4) is 22.3 Å². The molecule has 4 heterocycles. The first-order valence-corrected chi connectivity index (χ1v) is 20.2. The number of likely N-dealkylation sites (tertiary alicyclic amines) is 2. The van der Waals surface area contributed by atoms with Gasteiger partial charge in [0, 0.05) is 0 Å². The van der Waals surface area contributed by atoms with E-state index in [1.54, 1.807) is 36.5 Å². The van der Waals surface area contributed by atoms with Crippen LogP contribution in [0.3, 0.4) is 0 Å². The molecule has 49 heavy (non-hydrogen) atoms. The standard InChI is InChI=1S/C38H42N4O4S2Se/c1-23(35(45)41-19-11-12-20-41)39-33(43)31-29(27-15-7-5-8-16-27)25(3)47-37(31)49-38-32(30(26(4)48-38)28-17-9-6-10-18-28)34(44)40-24(2)36(46)42-21-13-14-22-42/h5-10,15-18,23-24H,11-14,19-22H2,1-4H3,(H,39,43)(H,40,44). The van der Waals surface area contributed by atoms with Crippen LogP contribution in [0.4, 0.5) is 0 Å². The van der Waals surface area contributed by atoms with E-state index in [0.717, 1.165) is 91.4 Å². The van der Waals surface area contributed by atoms with Gasteiger partial charge in [0.1, 0.15) is 0 Å². The van der Waals surface area contributed by atoms with E-state index in [2.05, 4.69) is 10.6 Å². The molecule has 11 heteroatoms. The second-order valence-electron chi connectivity index (χ2n) is 12.7. The first-order chi connectivity index (χ1) is 23.6. The average Bonchev–Trinajstić information content (AvgIpc) is 3.92. The Kier molecular flexibility index (Phi) is 11.0. The third-order valence-corrected chi connectivity index (χ3v) is 14.5. The molecule has 8 nitrogen and oxygen atoms in total. The van der Waals surface area contributed by atoms with Crippen LogP contribution in [0.15, 0.2) is 60.7 Å². The van der Waals surface area contributed by atoms with Gasteiger partial charge in [-0.05, 0) is 0 Å². The summed E-state index contributed by atoms with van der Waals surface area (Å²) in [5.74, 6) is -0.701. The minimum absolute atomic E-state index is 0.0657. The van der Waals surface area contributed by atoms with Crippen molar-refractivity contribution in [3.05, 3.63) is 81.5 Å². The summed E-state index contributed by atoms with van der Waals surface area (Å²) in [6, 6.07) is 18.4. The van der Waals surface area contributed by atoms with Crippen LogP contribution in [0.5, 0.6) is 0 Å². The van der Waals surface area contributed by atoms with E-state index in [0.29, 0.717) is 11.1 Å². The Morgan fingerprint density at radius 1 is 0.612 bits per heavy atom. The number of carbonyl (C=O) groups excluding carboxylic acids is 4. The molecular weight excluding hydrogens is 720 g/mol. The van der Waals surface area contributed by atoms with Crippen LogP contribution in [0.25, 0.3) is 22.3 Å². The Morgan fingerprint density at radius 3 is 1.31 bits per heavy atom. The summed E-state index contributed by atoms with van der Waals surface area (Å²) >= 11 is 2.71. The fourth-order valence-electron chi connectivity index (χ4n) is 6.67. The summed E-state index contributed by atoms with van der Waals surface area (Å²) in [6.07, 6.45) is 3.92. The Hall–Kier alpha value is -3.76. The van der Waals surface area contributed by atoms with Crippen molar-refractivity contribution < 1.29 is 19.2 Å². The average molecular weight is 762 g/mol. The molecule has 6 rings (SSSR count). The number of rotatable bonds is 10. The molecule has 0 spiro atoms. The van der Waals surface area contributed by atoms with Crippen molar-refractivity contribution in [2.45, 2.75) is 65.5 Å². The zero-order valence-electron chi connectivity index (χ0n) is 28.3. The molecule has 0 saturated carbocycles. The van der Waals surface area contributed by atoms with Gasteiger partial charge in [0.25, 0.3) is 0 Å². The molecule has 2 N–H and O–H groups in total. The molecule has 2 aromatic heterocycles. The van der Waals surface area contributed by atoms with E-state index in [1.165, 1.54) is 0 Å². The van der Waals surface area contributed by atoms with Crippen molar-refractivity contribution in [2.24, 2.45) is 0 Å². The maximum absolute atomic E-state index is 14.3. The predicted octanol–water partition coefficient (Wildman–Crippen LogP) is 4.90. The normalized spacial score (nSPS) is 15.7. The van der Waals surface area contributed by atoms with Gasteiger partial charge in [0.15, 0.2) is 0 Å². The summed E-state index contributed by atoms with van der Waals surface area (Å²) in [5, 5.41) is 6.07. The van der Waals surface area contributed by atoms with Crippen molar-refractivity contribution in [1.29, 1.82) is 0 Å². The molecule has 256 valence electrons. The van der Waals surface area contributed by atoms with E-state index >= 15 is 0 Å². The molecular formula is C38H42N4O4S2Se. The Labute approximate surface area is 302 Å². The van der Waals surface area contributed by atoms with Crippen LogP contribution in [0.1, 0.15) is 70.0 Å². The number of nitrogens with one attached hydrogen (secondary N) is 2. The first kappa shape index (κ1) is 35.1. The summed E-state index contributed by atoms with van der Waals surface area (Å²) in [4.78, 5) is 60.6. The molecule has 2 unspecified atom stereocenters. The molecule has 2 aromatic carbocycles. The van der Waals surface area contributed by atoms with E-state index in [-0.39, 0.29) is 23.6 Å². The van der Waals surface area contributed by atoms with Crippen LogP contribution in [0.2, 0.25) is 0 Å². The molecule has 0 aliphatic carbocycles. The van der Waals surface area contributed by atoms with Gasteiger partial charge in [-0.3, -0.25) is 0 Å². The number of carbonyl (C=O) groups is 4. The number of thiophene rings is 2. The Bertz CT molecular complexity index is 1710. The van der Waals surface area contributed by atoms with E-state index in [9.17, 15) is 19.2 Å². The van der Waals surface area contributed by atoms with E-state index in [4.69, 9.17) is 0 Å². The minimum atomic E-state index is -0.667. The van der Waals surface area contributed by atoms with Gasteiger partial charge in [0.2, 0.25) is 0 Å². The zero-order chi connectivity index (χ0) is 34.7. The van der Waals surface area contributed by atoms with Crippen LogP contribution < -0.4 is 18.2 Å². The fourth-order valence-corrected chi connectivity index (χ4v) is 13.4. The number of hydrogen-bond donors (Lipinski definition) is 2. The van der Waals surface area contributed by atoms with Crippen molar-refractivity contribution in [2.75, 3.05) is 26.2 Å². The van der Waals surface area contributed by atoms with Gasteiger partial charge < -0.3 is 0 Å². The quantitative estimate of drug-likeness (QED) is 0.225. The third kappa shape index (κ3) is 7.55. The topological polar surface area (TPSA) is 98.8 Å². The Balaban J connectivity index is 1.39. The SMILES string of the molecule is Cc1sc([Se]c2sc(C)c(-c3ccccc3)c2C(=O)NC(C)C(=O)N2CCCC2)c(C(=O)NC(C)C(=O)N2CCCC2)c1-c1ccccc1. The molecule has 0 radical (unpaired) electrons. The van der Waals surface area contributed by atoms with Crippen molar-refractivity contribution in [3.63, 3.8) is 0 Å². The van der Waals surface area contributed by atoms with E-state index in [1.807, 2.05) is 84.3 Å². The molecule has 4 aromatic rings. The first-order valence-electron chi connectivity index (χ1n) is 16.9. The molecule has 2 aliphatic rings. The van der Waals surface area contributed by atoms with Crippen LogP contribution in [-0.2, 0) is 9.59 Å². The van der Waals surface area contributed by atoms with Crippen LogP contribution in [-0.4, -0.2) is 86.6 Å². The number of amides is 4. The summed E-state index contributed by atoms with van der Waals surface area (Å²) in [7, 11) is 0. The van der Waals surface area contributed by atoms with Gasteiger partial charge in [-0.1, -0.05) is 0 Å². The van der Waals surface area contributed by atoms with E-state index < -0.39 is 27.0 Å². The maximum atomic E-state index is 14.3. The van der Waals surface area contributed by atoms with Crippen molar-refractivity contribution in [1.82, 2.24) is 20.4 Å². The van der Waals surface area contributed by atoms with Crippen LogP contribution in [0, 0.1) is 13.8 Å². The zero-order valence-corrected chi connectivity index (χ0v) is 31.7. The number of benzene rings is 2. The van der Waals surface area contributed by atoms with Gasteiger partial charge >= 0.3 is 304 Å². The predicted molar refractivity (Wildman–Crippen MR) is 199 cm³/mol. The third-order valence-electron chi connectivity index (χ3n) is 9.14. The molecule has 2 atom stereocenters. The number of hydrogen-bond acceptors (Lipinski definition) is 6. The number of nitrogens with zero attached hydrogens (tertiary/aromatic N) is 2. The summed E-state index contributed by atoms with van der Waals surface area (Å²) in [6.45, 7) is 10.4. The van der Waals surface area contributed by atoms with Gasteiger partial charge in [-0.2, -0.15) is 0 Å². The fraction of sp³-hybridized carbons (Fsp3) is 0.368. The molecule has 2 fully saturated rings. The molecule has 0 bridgehead atoms. The second-order valence-corrected chi connectivity index (χ2v) is 18.4. The van der Waals surface area contributed by atoms with Crippen molar-refractivity contribution >= 4 is 68.8 Å². The molecule has 2 aliphatic heterocycles.